The highest BCUT2D eigenvalue weighted by Crippen LogP contribution is 2.24. The van der Waals surface area contributed by atoms with Crippen LogP contribution in [0.15, 0.2) is 29.9 Å². The molecule has 24 heavy (non-hydrogen) atoms. The number of hydrogen-bond donors (Lipinski definition) is 0. The van der Waals surface area contributed by atoms with E-state index >= 15 is 0 Å². The van der Waals surface area contributed by atoms with Crippen molar-refractivity contribution >= 4 is 23.2 Å². The number of rotatable bonds is 4. The fourth-order valence-corrected chi connectivity index (χ4v) is 3.30. The minimum atomic E-state index is -0.257. The number of hydrazine groups is 1. The van der Waals surface area contributed by atoms with Crippen molar-refractivity contribution in [2.45, 2.75) is 19.3 Å². The third-order valence-corrected chi connectivity index (χ3v) is 4.56. The monoisotopic (exact) mass is 340 g/mol. The van der Waals surface area contributed by atoms with Crippen LogP contribution in [0.5, 0.6) is 0 Å². The summed E-state index contributed by atoms with van der Waals surface area (Å²) in [6.45, 7) is 1.05. The summed E-state index contributed by atoms with van der Waals surface area (Å²) < 4.78 is 0. The highest BCUT2D eigenvalue weighted by molar-refractivity contribution is 7.13. The summed E-state index contributed by atoms with van der Waals surface area (Å²) in [5, 5.41) is 5.41. The van der Waals surface area contributed by atoms with Gasteiger partial charge in [0, 0.05) is 49.3 Å². The molecule has 0 atom stereocenters. The zero-order valence-corrected chi connectivity index (χ0v) is 13.8. The molecule has 1 aliphatic heterocycles. The molecule has 122 valence electrons. The molecule has 0 bridgehead atoms. The third kappa shape index (κ3) is 3.29. The Morgan fingerprint density at radius 2 is 2.17 bits per heavy atom. The Labute approximate surface area is 144 Å². The molecule has 2 amide bonds. The van der Waals surface area contributed by atoms with Gasteiger partial charge in [-0.15, -0.1) is 23.7 Å². The average molecular weight is 340 g/mol. The van der Waals surface area contributed by atoms with E-state index in [0.29, 0.717) is 25.2 Å². The Hall–Kier alpha value is -2.72. The molecule has 0 radical (unpaired) electrons. The third-order valence-electron chi connectivity index (χ3n) is 3.67. The number of terminal acetylenes is 1. The fourth-order valence-electron chi connectivity index (χ4n) is 2.52. The summed E-state index contributed by atoms with van der Waals surface area (Å²) >= 11 is 1.38. The van der Waals surface area contributed by atoms with Gasteiger partial charge in [0.1, 0.15) is 10.7 Å². The zero-order chi connectivity index (χ0) is 16.9. The number of pyridine rings is 1. The van der Waals surface area contributed by atoms with Crippen molar-refractivity contribution < 1.29 is 9.59 Å². The van der Waals surface area contributed by atoms with Crippen LogP contribution in [0.1, 0.15) is 29.8 Å². The van der Waals surface area contributed by atoms with E-state index in [-0.39, 0.29) is 18.2 Å². The van der Waals surface area contributed by atoms with Crippen molar-refractivity contribution in [2.24, 2.45) is 0 Å². The Morgan fingerprint density at radius 1 is 1.33 bits per heavy atom. The molecular formula is C17H16N4O2S. The second kappa shape index (κ2) is 7.23. The lowest BCUT2D eigenvalue weighted by atomic mass is 10.3. The molecule has 2 aromatic rings. The van der Waals surface area contributed by atoms with Crippen molar-refractivity contribution in [3.63, 3.8) is 0 Å². The Bertz CT molecular complexity index is 781. The van der Waals surface area contributed by atoms with Gasteiger partial charge >= 0.3 is 0 Å². The molecule has 0 saturated carbocycles. The second-order valence-corrected chi connectivity index (χ2v) is 6.14. The van der Waals surface area contributed by atoms with E-state index in [9.17, 15) is 9.59 Å². The van der Waals surface area contributed by atoms with Gasteiger partial charge in [0.25, 0.3) is 5.91 Å². The van der Waals surface area contributed by atoms with Crippen LogP contribution in [0.4, 0.5) is 0 Å². The molecule has 3 heterocycles. The molecule has 0 spiro atoms. The normalized spacial score (nSPS) is 13.8. The molecule has 1 fully saturated rings. The lowest BCUT2D eigenvalue weighted by Crippen LogP contribution is -2.44. The maximum absolute atomic E-state index is 12.7. The van der Waals surface area contributed by atoms with Crippen LogP contribution in [0.3, 0.4) is 0 Å². The molecule has 2 aromatic heterocycles. The van der Waals surface area contributed by atoms with E-state index in [1.165, 1.54) is 21.4 Å². The number of nitrogens with zero attached hydrogens (tertiary/aromatic N) is 4. The van der Waals surface area contributed by atoms with Crippen molar-refractivity contribution in [3.8, 4) is 22.9 Å². The lowest BCUT2D eigenvalue weighted by Gasteiger charge is -2.27. The number of carbonyl (C=O) groups is 2. The van der Waals surface area contributed by atoms with Crippen LogP contribution in [0.2, 0.25) is 0 Å². The van der Waals surface area contributed by atoms with Crippen LogP contribution in [-0.4, -0.2) is 44.9 Å². The van der Waals surface area contributed by atoms with E-state index in [4.69, 9.17) is 6.42 Å². The first kappa shape index (κ1) is 16.1. The SMILES string of the molecule is C#CCCC(=O)N1CCCN1C(=O)c1csc(-c2cccnc2)n1. The average Bonchev–Trinajstić information content (AvgIpc) is 3.29. The topological polar surface area (TPSA) is 66.4 Å². The predicted molar refractivity (Wildman–Crippen MR) is 90.8 cm³/mol. The van der Waals surface area contributed by atoms with Gasteiger partial charge in [-0.05, 0) is 18.6 Å². The van der Waals surface area contributed by atoms with Gasteiger partial charge in [-0.25, -0.2) is 9.99 Å². The van der Waals surface area contributed by atoms with Gasteiger partial charge in [-0.2, -0.15) is 0 Å². The molecule has 3 rings (SSSR count). The molecule has 0 N–H and O–H groups in total. The van der Waals surface area contributed by atoms with E-state index in [0.717, 1.165) is 17.0 Å². The van der Waals surface area contributed by atoms with Crippen LogP contribution in [0.25, 0.3) is 10.6 Å². The highest BCUT2D eigenvalue weighted by atomic mass is 32.1. The summed E-state index contributed by atoms with van der Waals surface area (Å²) in [6, 6.07) is 3.72. The first-order chi connectivity index (χ1) is 11.7. The van der Waals surface area contributed by atoms with Gasteiger partial charge in [0.05, 0.1) is 0 Å². The standard InChI is InChI=1S/C17H16N4O2S/c1-2-3-7-15(22)20-9-5-10-21(20)17(23)14-12-24-16(19-14)13-6-4-8-18-11-13/h1,4,6,8,11-12H,3,5,7,9-10H2. The number of amides is 2. The minimum Gasteiger partial charge on any atom is -0.273 e. The van der Waals surface area contributed by atoms with Crippen molar-refractivity contribution in [3.05, 3.63) is 35.6 Å². The van der Waals surface area contributed by atoms with Gasteiger partial charge in [-0.3, -0.25) is 19.6 Å². The molecule has 0 aromatic carbocycles. The lowest BCUT2D eigenvalue weighted by molar-refractivity contribution is -0.140. The van der Waals surface area contributed by atoms with Crippen LogP contribution < -0.4 is 0 Å². The van der Waals surface area contributed by atoms with Crippen molar-refractivity contribution in [2.75, 3.05) is 13.1 Å². The van der Waals surface area contributed by atoms with E-state index in [1.54, 1.807) is 17.8 Å². The molecule has 0 unspecified atom stereocenters. The maximum atomic E-state index is 12.7. The van der Waals surface area contributed by atoms with E-state index < -0.39 is 0 Å². The van der Waals surface area contributed by atoms with Crippen LogP contribution >= 0.6 is 11.3 Å². The maximum Gasteiger partial charge on any atom is 0.291 e. The summed E-state index contributed by atoms with van der Waals surface area (Å²) in [6.07, 6.45) is 9.98. The largest absolute Gasteiger partial charge is 0.291 e. The van der Waals surface area contributed by atoms with E-state index in [2.05, 4.69) is 15.9 Å². The van der Waals surface area contributed by atoms with Crippen molar-refractivity contribution in [1.29, 1.82) is 0 Å². The van der Waals surface area contributed by atoms with E-state index in [1.807, 2.05) is 12.1 Å². The summed E-state index contributed by atoms with van der Waals surface area (Å²) in [5.74, 6) is 2.07. The number of hydrogen-bond acceptors (Lipinski definition) is 5. The predicted octanol–water partition coefficient (Wildman–Crippen LogP) is 2.21. The van der Waals surface area contributed by atoms with Crippen molar-refractivity contribution in [1.82, 2.24) is 20.0 Å². The van der Waals surface area contributed by atoms with Gasteiger partial charge < -0.3 is 0 Å². The fraction of sp³-hybridized carbons (Fsp3) is 0.294. The molecule has 7 heteroatoms. The summed E-state index contributed by atoms with van der Waals surface area (Å²) in [5.41, 5.74) is 1.21. The Kier molecular flexibility index (Phi) is 4.87. The molecule has 6 nitrogen and oxygen atoms in total. The minimum absolute atomic E-state index is 0.124. The first-order valence-corrected chi connectivity index (χ1v) is 8.50. The van der Waals surface area contributed by atoms with Crippen LogP contribution in [-0.2, 0) is 4.79 Å². The zero-order valence-electron chi connectivity index (χ0n) is 13.0. The molecule has 0 aliphatic carbocycles. The quantitative estimate of drug-likeness (QED) is 0.801. The highest BCUT2D eigenvalue weighted by Gasteiger charge is 2.32. The van der Waals surface area contributed by atoms with Gasteiger partial charge in [0.2, 0.25) is 5.91 Å². The number of carbonyl (C=O) groups excluding carboxylic acids is 2. The van der Waals surface area contributed by atoms with Crippen LogP contribution in [0, 0.1) is 12.3 Å². The summed E-state index contributed by atoms with van der Waals surface area (Å²) in [7, 11) is 0. The second-order valence-electron chi connectivity index (χ2n) is 5.28. The number of aromatic nitrogens is 2. The molecule has 1 saturated heterocycles. The number of thiazole rings is 1. The molecular weight excluding hydrogens is 324 g/mol. The Morgan fingerprint density at radius 3 is 2.92 bits per heavy atom. The molecule has 1 aliphatic rings. The van der Waals surface area contributed by atoms with Gasteiger partial charge in [-0.1, -0.05) is 0 Å². The first-order valence-electron chi connectivity index (χ1n) is 7.62. The Balaban J connectivity index is 1.75. The van der Waals surface area contributed by atoms with Gasteiger partial charge in [0.15, 0.2) is 0 Å². The summed E-state index contributed by atoms with van der Waals surface area (Å²) in [4.78, 5) is 33.3. The smallest absolute Gasteiger partial charge is 0.273 e.